The molecule has 3 heterocycles. The lowest BCUT2D eigenvalue weighted by molar-refractivity contribution is -0.115. The van der Waals surface area contributed by atoms with E-state index in [-0.39, 0.29) is 11.2 Å². The summed E-state index contributed by atoms with van der Waals surface area (Å²) in [4.78, 5) is 17.6. The maximum absolute atomic E-state index is 12.2. The monoisotopic (exact) mass is 425 g/mol. The normalized spacial score (nSPS) is 11.9. The van der Waals surface area contributed by atoms with Crippen LogP contribution in [-0.4, -0.2) is 32.9 Å². The molecule has 3 aromatic heterocycles. The minimum atomic E-state index is -0.320. The minimum Gasteiger partial charge on any atom is -0.360 e. The van der Waals surface area contributed by atoms with Crippen LogP contribution in [-0.2, 0) is 11.2 Å². The predicted octanol–water partition coefficient (Wildman–Crippen LogP) is 4.42. The van der Waals surface area contributed by atoms with Crippen molar-refractivity contribution >= 4 is 62.9 Å². The fraction of sp³-hybridized carbons (Fsp3) is 0.250. The number of carbonyl (C=O) groups is 1. The number of halogens is 1. The van der Waals surface area contributed by atoms with E-state index in [1.807, 2.05) is 13.0 Å². The van der Waals surface area contributed by atoms with Crippen LogP contribution >= 0.6 is 46.0 Å². The van der Waals surface area contributed by atoms with Crippen LogP contribution < -0.4 is 10.6 Å². The van der Waals surface area contributed by atoms with Crippen molar-refractivity contribution in [3.05, 3.63) is 45.7 Å². The SMILES string of the molecule is CC(Sc1nnc(NCCc2cccs2)s1)C(=O)Nc1ccc(Cl)cn1. The first kappa shape index (κ1) is 19.1. The molecule has 10 heteroatoms. The highest BCUT2D eigenvalue weighted by Crippen LogP contribution is 2.29. The van der Waals surface area contributed by atoms with Crippen molar-refractivity contribution in [2.45, 2.75) is 22.9 Å². The van der Waals surface area contributed by atoms with Crippen molar-refractivity contribution in [2.24, 2.45) is 0 Å². The summed E-state index contributed by atoms with van der Waals surface area (Å²) in [7, 11) is 0. The molecular weight excluding hydrogens is 410 g/mol. The highest BCUT2D eigenvalue weighted by atomic mass is 35.5. The Morgan fingerprint density at radius 1 is 1.35 bits per heavy atom. The lowest BCUT2D eigenvalue weighted by Crippen LogP contribution is -2.22. The van der Waals surface area contributed by atoms with Gasteiger partial charge in [0.15, 0.2) is 4.34 Å². The molecule has 3 aromatic rings. The first-order valence-electron chi connectivity index (χ1n) is 7.79. The van der Waals surface area contributed by atoms with Gasteiger partial charge in [-0.25, -0.2) is 4.98 Å². The number of nitrogens with zero attached hydrogens (tertiary/aromatic N) is 3. The number of anilines is 2. The second-order valence-electron chi connectivity index (χ2n) is 5.24. The molecule has 0 aliphatic carbocycles. The molecule has 0 saturated heterocycles. The number of hydrogen-bond acceptors (Lipinski definition) is 8. The molecule has 136 valence electrons. The van der Waals surface area contributed by atoms with Gasteiger partial charge in [0.25, 0.3) is 0 Å². The lowest BCUT2D eigenvalue weighted by atomic mass is 10.3. The lowest BCUT2D eigenvalue weighted by Gasteiger charge is -2.09. The fourth-order valence-electron chi connectivity index (χ4n) is 1.96. The van der Waals surface area contributed by atoms with Crippen molar-refractivity contribution in [2.75, 3.05) is 17.2 Å². The van der Waals surface area contributed by atoms with Crippen molar-refractivity contribution in [1.82, 2.24) is 15.2 Å². The van der Waals surface area contributed by atoms with Crippen LogP contribution in [0.3, 0.4) is 0 Å². The Morgan fingerprint density at radius 2 is 2.23 bits per heavy atom. The van der Waals surface area contributed by atoms with Gasteiger partial charge in [-0.05, 0) is 36.9 Å². The van der Waals surface area contributed by atoms with Gasteiger partial charge >= 0.3 is 0 Å². The third kappa shape index (κ3) is 5.66. The van der Waals surface area contributed by atoms with Crippen molar-refractivity contribution < 1.29 is 4.79 Å². The maximum Gasteiger partial charge on any atom is 0.238 e. The summed E-state index contributed by atoms with van der Waals surface area (Å²) < 4.78 is 0.746. The summed E-state index contributed by atoms with van der Waals surface area (Å²) >= 11 is 10.3. The van der Waals surface area contributed by atoms with Crippen LogP contribution in [0.15, 0.2) is 40.2 Å². The fourth-order valence-corrected chi connectivity index (χ4v) is 4.70. The van der Waals surface area contributed by atoms with Crippen LogP contribution in [0.4, 0.5) is 10.9 Å². The average Bonchev–Trinajstić information content (AvgIpc) is 3.29. The highest BCUT2D eigenvalue weighted by Gasteiger charge is 2.17. The first-order valence-corrected chi connectivity index (χ1v) is 10.7. The van der Waals surface area contributed by atoms with Crippen molar-refractivity contribution in [3.8, 4) is 0 Å². The summed E-state index contributed by atoms with van der Waals surface area (Å²) in [5.74, 6) is 0.326. The Morgan fingerprint density at radius 3 is 2.96 bits per heavy atom. The maximum atomic E-state index is 12.2. The molecule has 1 amide bonds. The molecule has 3 rings (SSSR count). The van der Waals surface area contributed by atoms with E-state index in [4.69, 9.17) is 11.6 Å². The molecule has 1 atom stereocenters. The second kappa shape index (κ2) is 9.31. The smallest absolute Gasteiger partial charge is 0.238 e. The molecule has 0 radical (unpaired) electrons. The number of pyridine rings is 1. The number of hydrogen-bond donors (Lipinski definition) is 2. The largest absolute Gasteiger partial charge is 0.360 e. The number of rotatable bonds is 8. The minimum absolute atomic E-state index is 0.146. The van der Waals surface area contributed by atoms with E-state index in [2.05, 4.69) is 37.3 Å². The highest BCUT2D eigenvalue weighted by molar-refractivity contribution is 8.02. The Kier molecular flexibility index (Phi) is 6.84. The number of thiophene rings is 1. The van der Waals surface area contributed by atoms with Gasteiger partial charge in [0.05, 0.1) is 10.3 Å². The second-order valence-corrected chi connectivity index (χ2v) is 9.27. The molecule has 26 heavy (non-hydrogen) atoms. The zero-order chi connectivity index (χ0) is 18.4. The van der Waals surface area contributed by atoms with E-state index >= 15 is 0 Å². The van der Waals surface area contributed by atoms with Crippen LogP contribution in [0.5, 0.6) is 0 Å². The third-order valence-electron chi connectivity index (χ3n) is 3.26. The zero-order valence-corrected chi connectivity index (χ0v) is 17.0. The van der Waals surface area contributed by atoms with E-state index < -0.39 is 0 Å². The van der Waals surface area contributed by atoms with E-state index in [9.17, 15) is 4.79 Å². The Labute approximate surface area is 168 Å². The van der Waals surface area contributed by atoms with Gasteiger partial charge in [0, 0.05) is 17.6 Å². The Balaban J connectivity index is 1.46. The van der Waals surface area contributed by atoms with Crippen LogP contribution in [0.25, 0.3) is 0 Å². The average molecular weight is 426 g/mol. The molecule has 0 aromatic carbocycles. The van der Waals surface area contributed by atoms with Gasteiger partial charge in [0.2, 0.25) is 11.0 Å². The molecule has 0 spiro atoms. The van der Waals surface area contributed by atoms with E-state index in [1.165, 1.54) is 34.2 Å². The summed E-state index contributed by atoms with van der Waals surface area (Å²) in [5, 5.41) is 17.3. The quantitative estimate of drug-likeness (QED) is 0.520. The van der Waals surface area contributed by atoms with Gasteiger partial charge in [-0.3, -0.25) is 4.79 Å². The summed E-state index contributed by atoms with van der Waals surface area (Å²) in [6.07, 6.45) is 2.44. The summed E-state index contributed by atoms with van der Waals surface area (Å²) in [6.45, 7) is 2.62. The van der Waals surface area contributed by atoms with Crippen LogP contribution in [0, 0.1) is 0 Å². The van der Waals surface area contributed by atoms with Gasteiger partial charge in [-0.15, -0.1) is 21.5 Å². The molecule has 0 saturated carbocycles. The van der Waals surface area contributed by atoms with Crippen LogP contribution in [0.1, 0.15) is 11.8 Å². The standard InChI is InChI=1S/C16H16ClN5OS3/c1-10(14(23)20-13-5-4-11(17)9-19-13)25-16-22-21-15(26-16)18-7-6-12-3-2-8-24-12/h2-5,8-10H,6-7H2,1H3,(H,18,21)(H,19,20,23). The topological polar surface area (TPSA) is 79.8 Å². The Hall–Kier alpha value is -1.68. The third-order valence-corrected chi connectivity index (χ3v) is 6.48. The van der Waals surface area contributed by atoms with E-state index in [0.29, 0.717) is 10.8 Å². The van der Waals surface area contributed by atoms with Crippen molar-refractivity contribution in [1.29, 1.82) is 0 Å². The number of carbonyl (C=O) groups excluding carboxylic acids is 1. The summed E-state index contributed by atoms with van der Waals surface area (Å²) in [6, 6.07) is 7.51. The number of amides is 1. The molecule has 1 unspecified atom stereocenters. The van der Waals surface area contributed by atoms with Gasteiger partial charge < -0.3 is 10.6 Å². The van der Waals surface area contributed by atoms with Crippen LogP contribution in [0.2, 0.25) is 5.02 Å². The Bertz CT molecular complexity index is 838. The molecule has 0 fully saturated rings. The van der Waals surface area contributed by atoms with Gasteiger partial charge in [0.1, 0.15) is 5.82 Å². The number of thioether (sulfide) groups is 1. The summed E-state index contributed by atoms with van der Waals surface area (Å²) in [5.41, 5.74) is 0. The number of nitrogens with one attached hydrogen (secondary N) is 2. The first-order chi connectivity index (χ1) is 12.6. The molecule has 0 aliphatic rings. The van der Waals surface area contributed by atoms with Gasteiger partial charge in [-0.1, -0.05) is 40.8 Å². The van der Waals surface area contributed by atoms with E-state index in [1.54, 1.807) is 23.5 Å². The number of aromatic nitrogens is 3. The van der Waals surface area contributed by atoms with E-state index in [0.717, 1.165) is 22.4 Å². The molecule has 0 aliphatic heterocycles. The van der Waals surface area contributed by atoms with Gasteiger partial charge in [-0.2, -0.15) is 0 Å². The molecule has 6 nitrogen and oxygen atoms in total. The zero-order valence-electron chi connectivity index (χ0n) is 13.8. The molecular formula is C16H16ClN5OS3. The molecule has 0 bridgehead atoms. The predicted molar refractivity (Wildman–Crippen MR) is 110 cm³/mol. The van der Waals surface area contributed by atoms with Crippen molar-refractivity contribution in [3.63, 3.8) is 0 Å². The molecule has 2 N–H and O–H groups in total.